The molecular weight excluding hydrogens is 302 g/mol. The molecule has 1 aliphatic heterocycles. The predicted octanol–water partition coefficient (Wildman–Crippen LogP) is 2.80. The third kappa shape index (κ3) is 7.31. The molecular formula is C19H37N3O2. The number of hydrogen-bond donors (Lipinski definition) is 1. The lowest BCUT2D eigenvalue weighted by Gasteiger charge is -2.19. The van der Waals surface area contributed by atoms with Crippen LogP contribution in [-0.4, -0.2) is 60.4 Å². The van der Waals surface area contributed by atoms with Crippen molar-refractivity contribution in [3.63, 3.8) is 0 Å². The van der Waals surface area contributed by atoms with Gasteiger partial charge in [-0.1, -0.05) is 59.3 Å². The zero-order valence-corrected chi connectivity index (χ0v) is 16.0. The molecule has 1 saturated heterocycles. The summed E-state index contributed by atoms with van der Waals surface area (Å²) < 4.78 is 0. The Bertz CT molecular complexity index is 370. The van der Waals surface area contributed by atoms with Gasteiger partial charge in [0.25, 0.3) is 0 Å². The van der Waals surface area contributed by atoms with Gasteiger partial charge in [0.15, 0.2) is 0 Å². The first-order valence-electron chi connectivity index (χ1n) is 9.93. The van der Waals surface area contributed by atoms with E-state index in [0.717, 1.165) is 39.0 Å². The van der Waals surface area contributed by atoms with Crippen molar-refractivity contribution in [1.82, 2.24) is 15.1 Å². The van der Waals surface area contributed by atoms with Crippen LogP contribution in [0.1, 0.15) is 72.1 Å². The van der Waals surface area contributed by atoms with E-state index in [1.807, 2.05) is 0 Å². The number of carbonyl (C=O) groups excluding carboxylic acids is 2. The lowest BCUT2D eigenvalue weighted by atomic mass is 10.1. The lowest BCUT2D eigenvalue weighted by molar-refractivity contribution is -0.138. The highest BCUT2D eigenvalue weighted by Crippen LogP contribution is 2.15. The maximum absolute atomic E-state index is 12.4. The van der Waals surface area contributed by atoms with Crippen LogP contribution in [0.2, 0.25) is 0 Å². The standard InChI is InChI=1S/C19H37N3O2/c1-4-7-8-9-10-11-12-14-22-18(23)16-17(19(22)24)20-13-15-21(5-2)6-3/h17,20H,4-16H2,1-3H3. The number of likely N-dealkylation sites (tertiary alicyclic amines) is 1. The zero-order valence-electron chi connectivity index (χ0n) is 16.0. The normalized spacial score (nSPS) is 18.2. The van der Waals surface area contributed by atoms with Crippen molar-refractivity contribution in [2.24, 2.45) is 0 Å². The van der Waals surface area contributed by atoms with Crippen LogP contribution in [0.15, 0.2) is 0 Å². The quantitative estimate of drug-likeness (QED) is 0.390. The van der Waals surface area contributed by atoms with Gasteiger partial charge in [0.05, 0.1) is 12.5 Å². The summed E-state index contributed by atoms with van der Waals surface area (Å²) in [5.74, 6) is -0.0307. The van der Waals surface area contributed by atoms with Gasteiger partial charge in [-0.25, -0.2) is 0 Å². The Balaban J connectivity index is 2.21. The highest BCUT2D eigenvalue weighted by atomic mass is 16.2. The Labute approximate surface area is 148 Å². The molecule has 140 valence electrons. The second-order valence-corrected chi connectivity index (χ2v) is 6.74. The van der Waals surface area contributed by atoms with Gasteiger partial charge in [-0.15, -0.1) is 0 Å². The number of unbranched alkanes of at least 4 members (excludes halogenated alkanes) is 6. The number of nitrogens with one attached hydrogen (secondary N) is 1. The Morgan fingerprint density at radius 3 is 2.25 bits per heavy atom. The number of hydrogen-bond acceptors (Lipinski definition) is 4. The van der Waals surface area contributed by atoms with E-state index in [0.29, 0.717) is 13.0 Å². The smallest absolute Gasteiger partial charge is 0.246 e. The Morgan fingerprint density at radius 1 is 1.00 bits per heavy atom. The van der Waals surface area contributed by atoms with Crippen molar-refractivity contribution < 1.29 is 9.59 Å². The molecule has 1 fully saturated rings. The lowest BCUT2D eigenvalue weighted by Crippen LogP contribution is -2.42. The summed E-state index contributed by atoms with van der Waals surface area (Å²) in [6.07, 6.45) is 8.73. The average molecular weight is 340 g/mol. The minimum absolute atomic E-state index is 0.00804. The van der Waals surface area contributed by atoms with Crippen LogP contribution in [0, 0.1) is 0 Å². The first-order valence-corrected chi connectivity index (χ1v) is 9.93. The molecule has 0 aliphatic carbocycles. The zero-order chi connectivity index (χ0) is 17.8. The number of likely N-dealkylation sites (N-methyl/N-ethyl adjacent to an activating group) is 1. The van der Waals surface area contributed by atoms with E-state index in [1.165, 1.54) is 37.0 Å². The molecule has 1 unspecified atom stereocenters. The van der Waals surface area contributed by atoms with Crippen LogP contribution in [-0.2, 0) is 9.59 Å². The van der Waals surface area contributed by atoms with Gasteiger partial charge >= 0.3 is 0 Å². The summed E-state index contributed by atoms with van der Waals surface area (Å²) in [6, 6.07) is -0.308. The van der Waals surface area contributed by atoms with Gasteiger partial charge in [-0.05, 0) is 19.5 Å². The van der Waals surface area contributed by atoms with Gasteiger partial charge in [-0.3, -0.25) is 14.5 Å². The second kappa shape index (κ2) is 12.4. The molecule has 0 aromatic heterocycles. The van der Waals surface area contributed by atoms with Gasteiger partial charge in [-0.2, -0.15) is 0 Å². The fourth-order valence-electron chi connectivity index (χ4n) is 3.24. The van der Waals surface area contributed by atoms with Crippen LogP contribution in [0.3, 0.4) is 0 Å². The molecule has 0 aromatic carbocycles. The number of carbonyl (C=O) groups is 2. The maximum Gasteiger partial charge on any atom is 0.246 e. The summed E-state index contributed by atoms with van der Waals surface area (Å²) in [7, 11) is 0. The van der Waals surface area contributed by atoms with Crippen molar-refractivity contribution in [3.8, 4) is 0 Å². The van der Waals surface area contributed by atoms with Crippen molar-refractivity contribution >= 4 is 11.8 Å². The Kier molecular flexibility index (Phi) is 10.9. The fraction of sp³-hybridized carbons (Fsp3) is 0.895. The van der Waals surface area contributed by atoms with Crippen LogP contribution in [0.4, 0.5) is 0 Å². The van der Waals surface area contributed by atoms with Crippen molar-refractivity contribution in [3.05, 3.63) is 0 Å². The molecule has 1 rings (SSSR count). The number of amides is 2. The molecule has 5 heteroatoms. The second-order valence-electron chi connectivity index (χ2n) is 6.74. The SMILES string of the molecule is CCCCCCCCCN1C(=O)CC(NCCN(CC)CC)C1=O. The van der Waals surface area contributed by atoms with Crippen molar-refractivity contribution in [2.75, 3.05) is 32.7 Å². The molecule has 0 saturated carbocycles. The topological polar surface area (TPSA) is 52.7 Å². The molecule has 1 N–H and O–H groups in total. The van der Waals surface area contributed by atoms with Gasteiger partial charge in [0, 0.05) is 19.6 Å². The number of nitrogens with zero attached hydrogens (tertiary/aromatic N) is 2. The summed E-state index contributed by atoms with van der Waals surface area (Å²) in [4.78, 5) is 28.2. The highest BCUT2D eigenvalue weighted by Gasteiger charge is 2.37. The predicted molar refractivity (Wildman–Crippen MR) is 98.9 cm³/mol. The van der Waals surface area contributed by atoms with E-state index in [2.05, 4.69) is 31.0 Å². The number of rotatable bonds is 14. The van der Waals surface area contributed by atoms with E-state index in [1.54, 1.807) is 0 Å². The summed E-state index contributed by atoms with van der Waals surface area (Å²) in [5.41, 5.74) is 0. The van der Waals surface area contributed by atoms with Crippen molar-refractivity contribution in [1.29, 1.82) is 0 Å². The first-order chi connectivity index (χ1) is 11.6. The molecule has 1 atom stereocenters. The minimum Gasteiger partial charge on any atom is -0.304 e. The minimum atomic E-state index is -0.308. The third-order valence-electron chi connectivity index (χ3n) is 4.94. The number of imide groups is 1. The molecule has 0 spiro atoms. The van der Waals surface area contributed by atoms with Crippen molar-refractivity contribution in [2.45, 2.75) is 78.2 Å². The van der Waals surface area contributed by atoms with Gasteiger partial charge < -0.3 is 10.2 Å². The van der Waals surface area contributed by atoms with Crippen LogP contribution < -0.4 is 5.32 Å². The van der Waals surface area contributed by atoms with E-state index < -0.39 is 0 Å². The third-order valence-corrected chi connectivity index (χ3v) is 4.94. The van der Waals surface area contributed by atoms with Crippen LogP contribution >= 0.6 is 0 Å². The molecule has 0 bridgehead atoms. The molecule has 0 radical (unpaired) electrons. The fourth-order valence-corrected chi connectivity index (χ4v) is 3.24. The monoisotopic (exact) mass is 339 g/mol. The summed E-state index contributed by atoms with van der Waals surface area (Å²) in [6.45, 7) is 10.8. The summed E-state index contributed by atoms with van der Waals surface area (Å²) >= 11 is 0. The highest BCUT2D eigenvalue weighted by molar-refractivity contribution is 6.05. The van der Waals surface area contributed by atoms with Gasteiger partial charge in [0.2, 0.25) is 11.8 Å². The van der Waals surface area contributed by atoms with Crippen LogP contribution in [0.5, 0.6) is 0 Å². The molecule has 24 heavy (non-hydrogen) atoms. The molecule has 1 heterocycles. The maximum atomic E-state index is 12.4. The average Bonchev–Trinajstić information content (AvgIpc) is 2.85. The van der Waals surface area contributed by atoms with Crippen LogP contribution in [0.25, 0.3) is 0 Å². The molecule has 5 nitrogen and oxygen atoms in total. The van der Waals surface area contributed by atoms with E-state index >= 15 is 0 Å². The Hall–Kier alpha value is -0.940. The largest absolute Gasteiger partial charge is 0.304 e. The Morgan fingerprint density at radius 2 is 1.62 bits per heavy atom. The molecule has 0 aromatic rings. The van der Waals surface area contributed by atoms with Gasteiger partial charge in [0.1, 0.15) is 0 Å². The molecule has 1 aliphatic rings. The van der Waals surface area contributed by atoms with E-state index in [4.69, 9.17) is 0 Å². The van der Waals surface area contributed by atoms with E-state index in [-0.39, 0.29) is 17.9 Å². The summed E-state index contributed by atoms with van der Waals surface area (Å²) in [5, 5.41) is 3.26. The molecule has 2 amide bonds. The first kappa shape index (κ1) is 21.1. The van der Waals surface area contributed by atoms with E-state index in [9.17, 15) is 9.59 Å².